The maximum absolute atomic E-state index is 2.33. The fourth-order valence-corrected chi connectivity index (χ4v) is 3.91. The SMILES string of the molecule is Br.Br.CC(C)[CH2][Zr][CH2]C(C)C. The molecule has 0 unspecified atom stereocenters. The Labute approximate surface area is 104 Å². The first-order valence-electron chi connectivity index (χ1n) is 3.83. The Hall–Kier alpha value is 1.84. The molecule has 0 saturated heterocycles. The molecule has 0 atom stereocenters. The van der Waals surface area contributed by atoms with Crippen LogP contribution in [0.15, 0.2) is 0 Å². The Kier molecular flexibility index (Phi) is 20.0. The van der Waals surface area contributed by atoms with Crippen LogP contribution in [-0.4, -0.2) is 0 Å². The van der Waals surface area contributed by atoms with Gasteiger partial charge in [-0.1, -0.05) is 0 Å². The van der Waals surface area contributed by atoms with E-state index in [9.17, 15) is 0 Å². The predicted octanol–water partition coefficient (Wildman–Crippen LogP) is 4.37. The molecule has 0 radical (unpaired) electrons. The van der Waals surface area contributed by atoms with E-state index in [2.05, 4.69) is 27.7 Å². The molecule has 3 heteroatoms. The molecule has 0 aliphatic rings. The van der Waals surface area contributed by atoms with Crippen molar-refractivity contribution in [1.29, 1.82) is 0 Å². The number of rotatable bonds is 4. The van der Waals surface area contributed by atoms with Crippen molar-refractivity contribution >= 4 is 34.0 Å². The van der Waals surface area contributed by atoms with Crippen molar-refractivity contribution < 1.29 is 23.2 Å². The molecule has 0 rings (SSSR count). The van der Waals surface area contributed by atoms with Gasteiger partial charge in [0.25, 0.3) is 0 Å². The first-order valence-corrected chi connectivity index (χ1v) is 7.31. The summed E-state index contributed by atoms with van der Waals surface area (Å²) in [6.07, 6.45) is 0. The minimum atomic E-state index is 0. The molecule has 0 aliphatic heterocycles. The van der Waals surface area contributed by atoms with Gasteiger partial charge in [0, 0.05) is 0 Å². The van der Waals surface area contributed by atoms with Gasteiger partial charge in [-0.05, 0) is 0 Å². The molecule has 0 bridgehead atoms. The standard InChI is InChI=1S/2C4H9.2BrH.Zr/c2*1-4(2)3;;;/h2*4H,1H2,2-3H3;2*1H;. The van der Waals surface area contributed by atoms with Crippen molar-refractivity contribution in [2.45, 2.75) is 36.0 Å². The van der Waals surface area contributed by atoms with E-state index in [0.29, 0.717) is 0 Å². The number of hydrogen-bond donors (Lipinski definition) is 0. The first kappa shape index (κ1) is 18.6. The Morgan fingerprint density at radius 1 is 0.818 bits per heavy atom. The molecule has 0 saturated carbocycles. The molecule has 0 aromatic carbocycles. The molecule has 70 valence electrons. The van der Waals surface area contributed by atoms with Crippen molar-refractivity contribution in [1.82, 2.24) is 0 Å². The second kappa shape index (κ2) is 11.8. The van der Waals surface area contributed by atoms with Crippen LogP contribution in [0.3, 0.4) is 0 Å². The Morgan fingerprint density at radius 2 is 1.09 bits per heavy atom. The summed E-state index contributed by atoms with van der Waals surface area (Å²) in [6.45, 7) is 9.34. The minimum absolute atomic E-state index is 0. The third kappa shape index (κ3) is 18.7. The van der Waals surface area contributed by atoms with Gasteiger partial charge in [-0.3, -0.25) is 0 Å². The van der Waals surface area contributed by atoms with Gasteiger partial charge in [-0.25, -0.2) is 0 Å². The van der Waals surface area contributed by atoms with Crippen molar-refractivity contribution in [3.05, 3.63) is 0 Å². The molecule has 0 nitrogen and oxygen atoms in total. The van der Waals surface area contributed by atoms with Crippen LogP contribution in [0.4, 0.5) is 0 Å². The molecule has 0 fully saturated rings. The van der Waals surface area contributed by atoms with Crippen molar-refractivity contribution in [3.63, 3.8) is 0 Å². The zero-order chi connectivity index (χ0) is 7.28. The Balaban J connectivity index is -0.000000320. The predicted molar refractivity (Wildman–Crippen MR) is 59.9 cm³/mol. The molecule has 11 heavy (non-hydrogen) atoms. The van der Waals surface area contributed by atoms with Crippen molar-refractivity contribution in [3.8, 4) is 0 Å². The van der Waals surface area contributed by atoms with Gasteiger partial charge in [0.15, 0.2) is 0 Å². The van der Waals surface area contributed by atoms with E-state index in [-0.39, 0.29) is 57.2 Å². The summed E-state index contributed by atoms with van der Waals surface area (Å²) < 4.78 is 3.14. The third-order valence-corrected chi connectivity index (χ3v) is 6.54. The van der Waals surface area contributed by atoms with Crippen LogP contribution in [-0.2, 0) is 23.2 Å². The van der Waals surface area contributed by atoms with Gasteiger partial charge < -0.3 is 0 Å². The summed E-state index contributed by atoms with van der Waals surface area (Å²) in [5, 5.41) is 0. The van der Waals surface area contributed by atoms with Crippen LogP contribution in [0.2, 0.25) is 8.26 Å². The van der Waals surface area contributed by atoms with E-state index in [4.69, 9.17) is 0 Å². The van der Waals surface area contributed by atoms with Gasteiger partial charge >= 0.3 is 71.0 Å². The molecule has 0 aromatic heterocycles. The van der Waals surface area contributed by atoms with Crippen LogP contribution < -0.4 is 0 Å². The van der Waals surface area contributed by atoms with Gasteiger partial charge in [0.1, 0.15) is 0 Å². The summed E-state index contributed by atoms with van der Waals surface area (Å²) in [4.78, 5) is 0. The van der Waals surface area contributed by atoms with E-state index < -0.39 is 0 Å². The topological polar surface area (TPSA) is 0 Å². The first-order chi connectivity index (χ1) is 4.13. The molecule has 0 spiro atoms. The average molecular weight is 367 g/mol. The summed E-state index contributed by atoms with van der Waals surface area (Å²) in [5.41, 5.74) is 0. The summed E-state index contributed by atoms with van der Waals surface area (Å²) >= 11 is 0.0709. The molecular weight excluding hydrogens is 347 g/mol. The fourth-order valence-electron chi connectivity index (χ4n) is 0.661. The summed E-state index contributed by atoms with van der Waals surface area (Å²) in [5.74, 6) is 1.94. The van der Waals surface area contributed by atoms with E-state index >= 15 is 0 Å². The van der Waals surface area contributed by atoms with Crippen LogP contribution in [0.1, 0.15) is 27.7 Å². The van der Waals surface area contributed by atoms with Crippen molar-refractivity contribution in [2.75, 3.05) is 0 Å². The quantitative estimate of drug-likeness (QED) is 0.692. The van der Waals surface area contributed by atoms with Gasteiger partial charge in [-0.15, -0.1) is 34.0 Å². The van der Waals surface area contributed by atoms with Crippen LogP contribution >= 0.6 is 34.0 Å². The molecule has 0 aromatic rings. The molecule has 0 heterocycles. The van der Waals surface area contributed by atoms with E-state index in [1.807, 2.05) is 0 Å². The average Bonchev–Trinajstić information content (AvgIpc) is 1.63. The van der Waals surface area contributed by atoms with E-state index in [1.54, 1.807) is 8.26 Å². The Morgan fingerprint density at radius 3 is 1.27 bits per heavy atom. The number of hydrogen-bond acceptors (Lipinski definition) is 0. The monoisotopic (exact) mass is 364 g/mol. The molecule has 0 N–H and O–H groups in total. The maximum atomic E-state index is 2.33. The second-order valence-corrected chi connectivity index (χ2v) is 6.68. The van der Waals surface area contributed by atoms with Gasteiger partial charge in [-0.2, -0.15) is 0 Å². The molecule has 0 amide bonds. The third-order valence-electron chi connectivity index (χ3n) is 1.11. The summed E-state index contributed by atoms with van der Waals surface area (Å²) in [6, 6.07) is 0. The van der Waals surface area contributed by atoms with Gasteiger partial charge in [0.2, 0.25) is 0 Å². The zero-order valence-electron chi connectivity index (χ0n) is 7.89. The van der Waals surface area contributed by atoms with Gasteiger partial charge in [0.05, 0.1) is 0 Å². The summed E-state index contributed by atoms with van der Waals surface area (Å²) in [7, 11) is 0. The van der Waals surface area contributed by atoms with Crippen LogP contribution in [0.5, 0.6) is 0 Å². The van der Waals surface area contributed by atoms with E-state index in [1.165, 1.54) is 0 Å². The molecule has 0 aliphatic carbocycles. The number of halogens is 2. The zero-order valence-corrected chi connectivity index (χ0v) is 13.8. The van der Waals surface area contributed by atoms with Crippen LogP contribution in [0.25, 0.3) is 0 Å². The van der Waals surface area contributed by atoms with Crippen molar-refractivity contribution in [2.24, 2.45) is 11.8 Å². The second-order valence-electron chi connectivity index (χ2n) is 3.45. The fraction of sp³-hybridized carbons (Fsp3) is 1.00. The Bertz CT molecular complexity index is 57.1. The van der Waals surface area contributed by atoms with Crippen LogP contribution in [0, 0.1) is 11.8 Å². The van der Waals surface area contributed by atoms with E-state index in [0.717, 1.165) is 11.8 Å². The molecular formula is C8H20Br2Zr. The normalized spacial score (nSPS) is 8.91.